The molecule has 0 aromatic heterocycles. The maximum atomic E-state index is 5.71. The highest BCUT2D eigenvalue weighted by atomic mass is 32.2. The molecule has 72 valence electrons. The highest BCUT2D eigenvalue weighted by Crippen LogP contribution is 2.42. The first-order valence-electron chi connectivity index (χ1n) is 4.41. The zero-order valence-corrected chi connectivity index (χ0v) is 8.56. The second-order valence-corrected chi connectivity index (χ2v) is 4.92. The average Bonchev–Trinajstić information content (AvgIpc) is 2.01. The molecule has 1 fully saturated rings. The van der Waals surface area contributed by atoms with Crippen LogP contribution in [0.3, 0.4) is 0 Å². The van der Waals surface area contributed by atoms with Crippen LogP contribution >= 0.6 is 11.8 Å². The number of aliphatic imine (C=N–C) groups is 1. The van der Waals surface area contributed by atoms with E-state index >= 15 is 0 Å². The summed E-state index contributed by atoms with van der Waals surface area (Å²) in [6.45, 7) is 7.61. The van der Waals surface area contributed by atoms with Crippen molar-refractivity contribution in [3.05, 3.63) is 11.5 Å². The third-order valence-corrected chi connectivity index (χ3v) is 3.53. The summed E-state index contributed by atoms with van der Waals surface area (Å²) in [5.74, 6) is 0.429. The monoisotopic (exact) mass is 198 g/mol. The van der Waals surface area contributed by atoms with Gasteiger partial charge in [-0.2, -0.15) is 0 Å². The lowest BCUT2D eigenvalue weighted by Gasteiger charge is -2.41. The predicted octanol–water partition coefficient (Wildman–Crippen LogP) is 1.36. The quantitative estimate of drug-likeness (QED) is 0.639. The molecule has 0 aromatic carbocycles. The number of hydrogen-bond acceptors (Lipinski definition) is 4. The molecule has 0 amide bonds. The molecular weight excluding hydrogens is 184 g/mol. The van der Waals surface area contributed by atoms with Crippen molar-refractivity contribution >= 4 is 16.9 Å². The number of fused-ring (bicyclic) bond motifs is 1. The summed E-state index contributed by atoms with van der Waals surface area (Å²) in [6, 6.07) is 0. The molecule has 2 N–H and O–H groups in total. The first-order chi connectivity index (χ1) is 6.12. The topological polar surface area (TPSA) is 47.6 Å². The van der Waals surface area contributed by atoms with E-state index in [-0.39, 0.29) is 5.54 Å². The Morgan fingerprint density at radius 1 is 1.77 bits per heavy atom. The summed E-state index contributed by atoms with van der Waals surface area (Å²) in [4.78, 5) is 5.60. The number of hydrogen-bond donors (Lipinski definition) is 1. The third-order valence-electron chi connectivity index (χ3n) is 2.69. The van der Waals surface area contributed by atoms with Gasteiger partial charge in [-0.05, 0) is 18.2 Å². The highest BCUT2D eigenvalue weighted by molar-refractivity contribution is 8.17. The van der Waals surface area contributed by atoms with Crippen LogP contribution in [0.5, 0.6) is 0 Å². The van der Waals surface area contributed by atoms with Gasteiger partial charge in [0.05, 0.1) is 12.1 Å². The van der Waals surface area contributed by atoms with Gasteiger partial charge in [0.25, 0.3) is 0 Å². The van der Waals surface area contributed by atoms with Crippen LogP contribution in [-0.2, 0) is 4.74 Å². The Bertz CT molecular complexity index is 277. The Hall–Kier alpha value is -0.480. The molecule has 1 saturated heterocycles. The molecule has 3 nitrogen and oxygen atoms in total. The van der Waals surface area contributed by atoms with Gasteiger partial charge in [-0.15, -0.1) is 0 Å². The first kappa shape index (κ1) is 9.09. The van der Waals surface area contributed by atoms with Gasteiger partial charge in [0.15, 0.2) is 5.17 Å². The number of ether oxygens (including phenoxy) is 1. The summed E-state index contributed by atoms with van der Waals surface area (Å²) in [5.41, 5.74) is 5.55. The van der Waals surface area contributed by atoms with Crippen molar-refractivity contribution in [2.45, 2.75) is 18.9 Å². The largest absolute Gasteiger partial charge is 0.379 e. The number of nitrogens with zero attached hydrogens (tertiary/aromatic N) is 1. The number of nitrogens with two attached hydrogens (primary N) is 1. The standard InChI is InChI=1S/C9H14N2OS/c1-6-7-3-4-12-5-9(7,2)11-8(10)13-6/h7H,1,3-5H2,2H3,(H2,10,11). The van der Waals surface area contributed by atoms with Crippen LogP contribution in [0.2, 0.25) is 0 Å². The first-order valence-corrected chi connectivity index (χ1v) is 5.23. The van der Waals surface area contributed by atoms with Crippen molar-refractivity contribution in [1.29, 1.82) is 0 Å². The fraction of sp³-hybridized carbons (Fsp3) is 0.667. The van der Waals surface area contributed by atoms with Crippen molar-refractivity contribution in [3.63, 3.8) is 0 Å². The molecule has 0 spiro atoms. The van der Waals surface area contributed by atoms with Crippen LogP contribution in [0, 0.1) is 5.92 Å². The SMILES string of the molecule is C=C1SC(N)=NC2(C)COCCC12. The molecule has 13 heavy (non-hydrogen) atoms. The van der Waals surface area contributed by atoms with Crippen LogP contribution in [0.1, 0.15) is 13.3 Å². The van der Waals surface area contributed by atoms with E-state index in [2.05, 4.69) is 18.5 Å². The zero-order chi connectivity index (χ0) is 9.47. The highest BCUT2D eigenvalue weighted by Gasteiger charge is 2.42. The van der Waals surface area contributed by atoms with E-state index in [1.807, 2.05) is 0 Å². The van der Waals surface area contributed by atoms with E-state index in [9.17, 15) is 0 Å². The van der Waals surface area contributed by atoms with Crippen molar-refractivity contribution in [3.8, 4) is 0 Å². The second-order valence-electron chi connectivity index (χ2n) is 3.77. The van der Waals surface area contributed by atoms with E-state index in [1.165, 1.54) is 11.8 Å². The fourth-order valence-electron chi connectivity index (χ4n) is 1.99. The van der Waals surface area contributed by atoms with Crippen LogP contribution in [0.15, 0.2) is 16.5 Å². The molecule has 0 radical (unpaired) electrons. The fourth-order valence-corrected chi connectivity index (χ4v) is 3.03. The number of amidine groups is 1. The normalized spacial score (nSPS) is 39.6. The van der Waals surface area contributed by atoms with Gasteiger partial charge in [-0.1, -0.05) is 18.3 Å². The Labute approximate surface area is 82.4 Å². The van der Waals surface area contributed by atoms with Crippen molar-refractivity contribution < 1.29 is 4.74 Å². The minimum atomic E-state index is -0.162. The molecule has 2 aliphatic rings. The summed E-state index contributed by atoms with van der Waals surface area (Å²) in [5, 5.41) is 0.620. The Morgan fingerprint density at radius 3 is 3.31 bits per heavy atom. The van der Waals surface area contributed by atoms with Crippen molar-refractivity contribution in [2.24, 2.45) is 16.6 Å². The molecule has 2 rings (SSSR count). The van der Waals surface area contributed by atoms with Crippen LogP contribution in [0.25, 0.3) is 0 Å². The van der Waals surface area contributed by atoms with E-state index in [1.54, 1.807) is 0 Å². The van der Waals surface area contributed by atoms with E-state index < -0.39 is 0 Å². The maximum Gasteiger partial charge on any atom is 0.159 e. The molecule has 2 heterocycles. The van der Waals surface area contributed by atoms with Gasteiger partial charge in [-0.25, -0.2) is 0 Å². The molecule has 0 aromatic rings. The summed E-state index contributed by atoms with van der Waals surface area (Å²) in [6.07, 6.45) is 1.01. The maximum absolute atomic E-state index is 5.71. The molecule has 2 unspecified atom stereocenters. The van der Waals surface area contributed by atoms with Gasteiger partial charge in [0.1, 0.15) is 0 Å². The number of thioether (sulfide) groups is 1. The predicted molar refractivity (Wildman–Crippen MR) is 55.7 cm³/mol. The molecule has 0 aliphatic carbocycles. The molecular formula is C9H14N2OS. The third kappa shape index (κ3) is 1.48. The van der Waals surface area contributed by atoms with Crippen LogP contribution < -0.4 is 5.73 Å². The molecule has 2 aliphatic heterocycles. The lowest BCUT2D eigenvalue weighted by molar-refractivity contribution is 0.0213. The van der Waals surface area contributed by atoms with Crippen molar-refractivity contribution in [1.82, 2.24) is 0 Å². The molecule has 2 atom stereocenters. The minimum absolute atomic E-state index is 0.162. The van der Waals surface area contributed by atoms with E-state index in [4.69, 9.17) is 10.5 Å². The molecule has 4 heteroatoms. The molecule has 0 saturated carbocycles. The van der Waals surface area contributed by atoms with Gasteiger partial charge < -0.3 is 10.5 Å². The lowest BCUT2D eigenvalue weighted by Crippen LogP contribution is -2.46. The van der Waals surface area contributed by atoms with Gasteiger partial charge >= 0.3 is 0 Å². The summed E-state index contributed by atoms with van der Waals surface area (Å²) >= 11 is 1.50. The summed E-state index contributed by atoms with van der Waals surface area (Å²) in [7, 11) is 0. The Balaban J connectivity index is 2.33. The minimum Gasteiger partial charge on any atom is -0.379 e. The number of rotatable bonds is 0. The van der Waals surface area contributed by atoms with Crippen LogP contribution in [0.4, 0.5) is 0 Å². The zero-order valence-electron chi connectivity index (χ0n) is 7.75. The molecule has 0 bridgehead atoms. The second kappa shape index (κ2) is 3.03. The van der Waals surface area contributed by atoms with Crippen LogP contribution in [-0.4, -0.2) is 23.9 Å². The van der Waals surface area contributed by atoms with Gasteiger partial charge in [0.2, 0.25) is 0 Å². The van der Waals surface area contributed by atoms with Gasteiger partial charge in [0, 0.05) is 12.5 Å². The Kier molecular flexibility index (Phi) is 2.12. The Morgan fingerprint density at radius 2 is 2.54 bits per heavy atom. The van der Waals surface area contributed by atoms with E-state index in [0.29, 0.717) is 17.7 Å². The summed E-state index contributed by atoms with van der Waals surface area (Å²) < 4.78 is 5.43. The van der Waals surface area contributed by atoms with Crippen molar-refractivity contribution in [2.75, 3.05) is 13.2 Å². The average molecular weight is 198 g/mol. The smallest absolute Gasteiger partial charge is 0.159 e. The van der Waals surface area contributed by atoms with Gasteiger partial charge in [-0.3, -0.25) is 4.99 Å². The van der Waals surface area contributed by atoms with E-state index in [0.717, 1.165) is 17.9 Å². The lowest BCUT2D eigenvalue weighted by atomic mass is 9.82.